The first-order chi connectivity index (χ1) is 7.17. The van der Waals surface area contributed by atoms with E-state index in [1.54, 1.807) is 14.2 Å². The van der Waals surface area contributed by atoms with Crippen LogP contribution in [-0.4, -0.2) is 14.2 Å². The van der Waals surface area contributed by atoms with Gasteiger partial charge >= 0.3 is 0 Å². The number of hydrogen-bond acceptors (Lipinski definition) is 2. The van der Waals surface area contributed by atoms with Gasteiger partial charge in [0.15, 0.2) is 11.5 Å². The van der Waals surface area contributed by atoms with Gasteiger partial charge in [0.2, 0.25) is 0 Å². The maximum atomic E-state index is 5.22. The van der Waals surface area contributed by atoms with Gasteiger partial charge in [-0.3, -0.25) is 0 Å². The number of benzene rings is 1. The van der Waals surface area contributed by atoms with Crippen molar-refractivity contribution in [1.82, 2.24) is 0 Å². The van der Waals surface area contributed by atoms with E-state index in [-0.39, 0.29) is 0 Å². The lowest BCUT2D eigenvalue weighted by molar-refractivity contribution is 0.354. The highest BCUT2D eigenvalue weighted by Gasteiger charge is 2.04. The number of hydrogen-bond donors (Lipinski definition) is 0. The van der Waals surface area contributed by atoms with Crippen LogP contribution < -0.4 is 9.47 Å². The summed E-state index contributed by atoms with van der Waals surface area (Å²) >= 11 is 3.35. The zero-order valence-electron chi connectivity index (χ0n) is 9.05. The summed E-state index contributed by atoms with van der Waals surface area (Å²) in [6.07, 6.45) is 1.87. The molecule has 15 heavy (non-hydrogen) atoms. The minimum Gasteiger partial charge on any atom is -0.493 e. The minimum absolute atomic E-state index is 0.763. The molecule has 1 rings (SSSR count). The van der Waals surface area contributed by atoms with E-state index in [0.717, 1.165) is 28.8 Å². The number of rotatable bonds is 5. The van der Waals surface area contributed by atoms with Crippen LogP contribution in [0, 0.1) is 0 Å². The van der Waals surface area contributed by atoms with Gasteiger partial charge in [-0.25, -0.2) is 0 Å². The molecule has 2 nitrogen and oxygen atoms in total. The molecule has 0 saturated heterocycles. The standard InChI is InChI=1S/C12H15BrO2/c1-9(13)4-5-10-6-7-11(14-2)12(8-10)15-3/h6-8H,1,4-5H2,2-3H3. The van der Waals surface area contributed by atoms with Gasteiger partial charge in [0, 0.05) is 0 Å². The van der Waals surface area contributed by atoms with E-state index in [1.807, 2.05) is 18.2 Å². The van der Waals surface area contributed by atoms with Crippen molar-refractivity contribution in [2.45, 2.75) is 12.8 Å². The molecule has 0 amide bonds. The van der Waals surface area contributed by atoms with Gasteiger partial charge in [0.1, 0.15) is 0 Å². The smallest absolute Gasteiger partial charge is 0.160 e. The van der Waals surface area contributed by atoms with Crippen LogP contribution in [0.2, 0.25) is 0 Å². The van der Waals surface area contributed by atoms with E-state index >= 15 is 0 Å². The van der Waals surface area contributed by atoms with Crippen molar-refractivity contribution in [2.75, 3.05) is 14.2 Å². The van der Waals surface area contributed by atoms with Gasteiger partial charge in [0.05, 0.1) is 14.2 Å². The van der Waals surface area contributed by atoms with E-state index < -0.39 is 0 Å². The summed E-state index contributed by atoms with van der Waals surface area (Å²) in [6, 6.07) is 5.96. The molecule has 0 aliphatic heterocycles. The third-order valence-electron chi connectivity index (χ3n) is 2.13. The molecule has 0 atom stereocenters. The topological polar surface area (TPSA) is 18.5 Å². The number of ether oxygens (including phenoxy) is 2. The first-order valence-corrected chi connectivity index (χ1v) is 5.51. The molecule has 0 fully saturated rings. The van der Waals surface area contributed by atoms with Crippen LogP contribution in [0.4, 0.5) is 0 Å². The van der Waals surface area contributed by atoms with Gasteiger partial charge in [-0.1, -0.05) is 28.6 Å². The molecule has 1 aromatic rings. The molecule has 0 aliphatic rings. The van der Waals surface area contributed by atoms with Crippen molar-refractivity contribution in [3.63, 3.8) is 0 Å². The van der Waals surface area contributed by atoms with Crippen LogP contribution in [0.15, 0.2) is 29.3 Å². The predicted molar refractivity (Wildman–Crippen MR) is 65.9 cm³/mol. The van der Waals surface area contributed by atoms with Gasteiger partial charge in [-0.15, -0.1) is 0 Å². The lowest BCUT2D eigenvalue weighted by Crippen LogP contribution is -1.92. The average molecular weight is 271 g/mol. The van der Waals surface area contributed by atoms with E-state index in [9.17, 15) is 0 Å². The molecule has 0 spiro atoms. The van der Waals surface area contributed by atoms with E-state index in [4.69, 9.17) is 9.47 Å². The number of allylic oxidation sites excluding steroid dienone is 1. The van der Waals surface area contributed by atoms with Gasteiger partial charge < -0.3 is 9.47 Å². The van der Waals surface area contributed by atoms with Crippen LogP contribution in [0.5, 0.6) is 11.5 Å². The van der Waals surface area contributed by atoms with E-state index in [2.05, 4.69) is 22.5 Å². The van der Waals surface area contributed by atoms with Crippen LogP contribution in [-0.2, 0) is 6.42 Å². The summed E-state index contributed by atoms with van der Waals surface area (Å²) in [5, 5.41) is 0. The maximum absolute atomic E-state index is 5.22. The number of halogens is 1. The molecule has 0 bridgehead atoms. The Hall–Kier alpha value is -0.960. The Labute approximate surface area is 99.0 Å². The van der Waals surface area contributed by atoms with E-state index in [1.165, 1.54) is 5.56 Å². The predicted octanol–water partition coefficient (Wildman–Crippen LogP) is 3.55. The molecule has 0 saturated carbocycles. The van der Waals surface area contributed by atoms with Crippen molar-refractivity contribution in [1.29, 1.82) is 0 Å². The average Bonchev–Trinajstić information content (AvgIpc) is 2.25. The molecule has 0 heterocycles. The zero-order valence-corrected chi connectivity index (χ0v) is 10.6. The quantitative estimate of drug-likeness (QED) is 0.815. The monoisotopic (exact) mass is 270 g/mol. The number of methoxy groups -OCH3 is 2. The van der Waals surface area contributed by atoms with Crippen molar-refractivity contribution in [2.24, 2.45) is 0 Å². The minimum atomic E-state index is 0.763. The first kappa shape index (κ1) is 12.1. The Morgan fingerprint density at radius 1 is 1.27 bits per heavy atom. The Morgan fingerprint density at radius 2 is 1.93 bits per heavy atom. The van der Waals surface area contributed by atoms with Crippen LogP contribution in [0.1, 0.15) is 12.0 Å². The zero-order chi connectivity index (χ0) is 11.3. The molecular formula is C12H15BrO2. The summed E-state index contributed by atoms with van der Waals surface area (Å²) in [7, 11) is 3.28. The van der Waals surface area contributed by atoms with Gasteiger partial charge in [-0.2, -0.15) is 0 Å². The molecule has 0 aromatic heterocycles. The molecule has 0 unspecified atom stereocenters. The third-order valence-corrected chi connectivity index (χ3v) is 2.53. The fourth-order valence-electron chi connectivity index (χ4n) is 1.32. The van der Waals surface area contributed by atoms with E-state index in [0.29, 0.717) is 0 Å². The van der Waals surface area contributed by atoms with Gasteiger partial charge in [-0.05, 0) is 35.0 Å². The molecular weight excluding hydrogens is 256 g/mol. The molecule has 3 heteroatoms. The van der Waals surface area contributed by atoms with Crippen LogP contribution in [0.3, 0.4) is 0 Å². The van der Waals surface area contributed by atoms with Crippen molar-refractivity contribution >= 4 is 15.9 Å². The van der Waals surface area contributed by atoms with Crippen molar-refractivity contribution in [3.05, 3.63) is 34.8 Å². The van der Waals surface area contributed by atoms with Crippen LogP contribution >= 0.6 is 15.9 Å². The summed E-state index contributed by atoms with van der Waals surface area (Å²) in [4.78, 5) is 0. The fourth-order valence-corrected chi connectivity index (χ4v) is 1.51. The lowest BCUT2D eigenvalue weighted by atomic mass is 10.1. The SMILES string of the molecule is C=C(Br)CCc1ccc(OC)c(OC)c1. The molecule has 82 valence electrons. The Kier molecular flexibility index (Phi) is 4.69. The summed E-state index contributed by atoms with van der Waals surface area (Å²) in [5.74, 6) is 1.54. The highest BCUT2D eigenvalue weighted by Crippen LogP contribution is 2.28. The second-order valence-corrected chi connectivity index (χ2v) is 4.33. The molecule has 1 aromatic carbocycles. The first-order valence-electron chi connectivity index (χ1n) is 4.71. The summed E-state index contributed by atoms with van der Waals surface area (Å²) in [6.45, 7) is 3.81. The Bertz CT molecular complexity index is 347. The normalized spacial score (nSPS) is 9.80. The third kappa shape index (κ3) is 3.59. The fraction of sp³-hybridized carbons (Fsp3) is 0.333. The second-order valence-electron chi connectivity index (χ2n) is 3.21. The number of aryl methyl sites for hydroxylation is 1. The maximum Gasteiger partial charge on any atom is 0.160 e. The van der Waals surface area contributed by atoms with Gasteiger partial charge in [0.25, 0.3) is 0 Å². The Balaban J connectivity index is 2.78. The molecule has 0 radical (unpaired) electrons. The molecule has 0 aliphatic carbocycles. The largest absolute Gasteiger partial charge is 0.493 e. The second kappa shape index (κ2) is 5.81. The lowest BCUT2D eigenvalue weighted by Gasteiger charge is -2.09. The highest BCUT2D eigenvalue weighted by molar-refractivity contribution is 9.11. The van der Waals surface area contributed by atoms with Crippen molar-refractivity contribution < 1.29 is 9.47 Å². The van der Waals surface area contributed by atoms with Crippen molar-refractivity contribution in [3.8, 4) is 11.5 Å². The summed E-state index contributed by atoms with van der Waals surface area (Å²) < 4.78 is 11.4. The Morgan fingerprint density at radius 3 is 2.47 bits per heavy atom. The highest BCUT2D eigenvalue weighted by atomic mass is 79.9. The summed E-state index contributed by atoms with van der Waals surface area (Å²) in [5.41, 5.74) is 1.22. The van der Waals surface area contributed by atoms with Crippen LogP contribution in [0.25, 0.3) is 0 Å². The molecule has 0 N–H and O–H groups in total.